The predicted octanol–water partition coefficient (Wildman–Crippen LogP) is 1.67. The molecule has 0 fully saturated rings. The number of nitrogens with zero attached hydrogens (tertiary/aromatic N) is 2. The number of sulfonamides is 1. The Balaban J connectivity index is 3.29. The van der Waals surface area contributed by atoms with Crippen molar-refractivity contribution in [2.45, 2.75) is 18.7 Å². The number of carbonyl (C=O) groups excluding carboxylic acids is 1. The number of carbonyl (C=O) groups is 1. The zero-order valence-electron chi connectivity index (χ0n) is 14.0. The highest BCUT2D eigenvalue weighted by Gasteiger charge is 2.24. The Morgan fingerprint density at radius 1 is 1.23 bits per heavy atom. The molecule has 0 N–H and O–H groups in total. The summed E-state index contributed by atoms with van der Waals surface area (Å²) in [6, 6.07) is 4.45. The van der Waals surface area contributed by atoms with E-state index in [0.717, 1.165) is 4.31 Å². The fraction of sp³-hybridized carbons (Fsp3) is 0.533. The van der Waals surface area contributed by atoms with E-state index in [1.165, 1.54) is 33.3 Å². The van der Waals surface area contributed by atoms with Gasteiger partial charge in [0.05, 0.1) is 7.11 Å². The van der Waals surface area contributed by atoms with E-state index < -0.39 is 10.0 Å². The first kappa shape index (κ1) is 18.4. The lowest BCUT2D eigenvalue weighted by molar-refractivity contribution is 0.0779. The molecule has 7 heteroatoms. The molecule has 0 aliphatic carbocycles. The van der Waals surface area contributed by atoms with Crippen LogP contribution in [0.15, 0.2) is 23.1 Å². The van der Waals surface area contributed by atoms with Crippen LogP contribution in [-0.4, -0.2) is 58.3 Å². The van der Waals surface area contributed by atoms with Crippen LogP contribution in [0, 0.1) is 5.92 Å². The van der Waals surface area contributed by atoms with Gasteiger partial charge in [0.2, 0.25) is 10.0 Å². The second-order valence-corrected chi connectivity index (χ2v) is 7.85. The van der Waals surface area contributed by atoms with E-state index >= 15 is 0 Å². The van der Waals surface area contributed by atoms with E-state index in [2.05, 4.69) is 0 Å². The minimum absolute atomic E-state index is 0.0104. The van der Waals surface area contributed by atoms with Crippen LogP contribution < -0.4 is 4.74 Å². The van der Waals surface area contributed by atoms with E-state index in [9.17, 15) is 13.2 Å². The third-order valence-corrected chi connectivity index (χ3v) is 4.99. The third kappa shape index (κ3) is 3.98. The standard InChI is InChI=1S/C15H24N2O4S/c1-11(2)10-17(5)15(18)12-7-8-13(21-6)14(9-12)22(19,20)16(3)4/h7-9,11H,10H2,1-6H3. The molecule has 0 radical (unpaired) electrons. The quantitative estimate of drug-likeness (QED) is 0.797. The SMILES string of the molecule is COc1ccc(C(=O)N(C)CC(C)C)cc1S(=O)(=O)N(C)C. The van der Waals surface area contributed by atoms with Gasteiger partial charge in [0.25, 0.3) is 5.91 Å². The second-order valence-electron chi connectivity index (χ2n) is 5.73. The summed E-state index contributed by atoms with van der Waals surface area (Å²) < 4.78 is 30.9. The van der Waals surface area contributed by atoms with Crippen LogP contribution in [0.5, 0.6) is 5.75 Å². The lowest BCUT2D eigenvalue weighted by atomic mass is 10.1. The zero-order chi connectivity index (χ0) is 17.1. The van der Waals surface area contributed by atoms with Crippen LogP contribution in [0.3, 0.4) is 0 Å². The maximum atomic E-state index is 12.4. The average molecular weight is 328 g/mol. The number of hydrogen-bond donors (Lipinski definition) is 0. The Labute approximate surface area is 132 Å². The Hall–Kier alpha value is -1.60. The van der Waals surface area contributed by atoms with Gasteiger partial charge < -0.3 is 9.64 Å². The molecule has 0 bridgehead atoms. The molecule has 22 heavy (non-hydrogen) atoms. The molecular weight excluding hydrogens is 304 g/mol. The number of ether oxygens (including phenoxy) is 1. The maximum Gasteiger partial charge on any atom is 0.253 e. The normalized spacial score (nSPS) is 11.8. The zero-order valence-corrected chi connectivity index (χ0v) is 14.8. The molecule has 0 unspecified atom stereocenters. The molecule has 1 aromatic carbocycles. The monoisotopic (exact) mass is 328 g/mol. The van der Waals surface area contributed by atoms with Crippen molar-refractivity contribution < 1.29 is 17.9 Å². The average Bonchev–Trinajstić information content (AvgIpc) is 2.44. The van der Waals surface area contributed by atoms with Gasteiger partial charge >= 0.3 is 0 Å². The van der Waals surface area contributed by atoms with E-state index in [4.69, 9.17) is 4.74 Å². The minimum atomic E-state index is -3.69. The first-order chi connectivity index (χ1) is 10.1. The summed E-state index contributed by atoms with van der Waals surface area (Å²) in [6.45, 7) is 4.63. The van der Waals surface area contributed by atoms with Crippen molar-refractivity contribution in [2.75, 3.05) is 34.8 Å². The van der Waals surface area contributed by atoms with Gasteiger partial charge in [0.1, 0.15) is 10.6 Å². The van der Waals surface area contributed by atoms with Crippen LogP contribution in [-0.2, 0) is 10.0 Å². The summed E-state index contributed by atoms with van der Waals surface area (Å²) in [4.78, 5) is 14.0. The van der Waals surface area contributed by atoms with Crippen molar-refractivity contribution in [3.05, 3.63) is 23.8 Å². The number of amides is 1. The first-order valence-electron chi connectivity index (χ1n) is 6.97. The number of rotatable bonds is 6. The molecule has 0 spiro atoms. The van der Waals surface area contributed by atoms with Gasteiger partial charge in [-0.25, -0.2) is 12.7 Å². The summed E-state index contributed by atoms with van der Waals surface area (Å²) in [7, 11) is 2.29. The van der Waals surface area contributed by atoms with Crippen LogP contribution in [0.4, 0.5) is 0 Å². The summed E-state index contributed by atoms with van der Waals surface area (Å²) in [5, 5.41) is 0. The molecule has 0 saturated carbocycles. The predicted molar refractivity (Wildman–Crippen MR) is 85.7 cm³/mol. The van der Waals surface area contributed by atoms with E-state index in [1.807, 2.05) is 13.8 Å². The van der Waals surface area contributed by atoms with Gasteiger partial charge in [-0.15, -0.1) is 0 Å². The third-order valence-electron chi connectivity index (χ3n) is 3.15. The van der Waals surface area contributed by atoms with Gasteiger partial charge in [-0.1, -0.05) is 13.8 Å². The second kappa shape index (κ2) is 7.11. The fourth-order valence-electron chi connectivity index (χ4n) is 2.06. The highest BCUT2D eigenvalue weighted by Crippen LogP contribution is 2.27. The molecule has 124 valence electrons. The van der Waals surface area contributed by atoms with Gasteiger partial charge in [-0.05, 0) is 24.1 Å². The molecule has 1 rings (SSSR count). The number of hydrogen-bond acceptors (Lipinski definition) is 4. The van der Waals surface area contributed by atoms with E-state index in [0.29, 0.717) is 18.0 Å². The van der Waals surface area contributed by atoms with Gasteiger partial charge in [0.15, 0.2) is 0 Å². The maximum absolute atomic E-state index is 12.4. The highest BCUT2D eigenvalue weighted by molar-refractivity contribution is 7.89. The number of benzene rings is 1. The molecule has 0 heterocycles. The number of methoxy groups -OCH3 is 1. The minimum Gasteiger partial charge on any atom is -0.495 e. The van der Waals surface area contributed by atoms with Crippen LogP contribution in [0.2, 0.25) is 0 Å². The highest BCUT2D eigenvalue weighted by atomic mass is 32.2. The lowest BCUT2D eigenvalue weighted by Gasteiger charge is -2.20. The fourth-order valence-corrected chi connectivity index (χ4v) is 3.13. The van der Waals surface area contributed by atoms with Crippen LogP contribution in [0.25, 0.3) is 0 Å². The van der Waals surface area contributed by atoms with E-state index in [1.54, 1.807) is 18.0 Å². The Morgan fingerprint density at radius 3 is 2.27 bits per heavy atom. The largest absolute Gasteiger partial charge is 0.495 e. The molecule has 0 aromatic heterocycles. The van der Waals surface area contributed by atoms with Gasteiger partial charge in [0, 0.05) is 33.3 Å². The molecule has 1 aromatic rings. The summed E-state index contributed by atoms with van der Waals surface area (Å²) in [6.07, 6.45) is 0. The summed E-state index contributed by atoms with van der Waals surface area (Å²) in [5.41, 5.74) is 0.323. The van der Waals surface area contributed by atoms with E-state index in [-0.39, 0.29) is 16.6 Å². The molecule has 0 saturated heterocycles. The Bertz CT molecular complexity index is 639. The van der Waals surface area contributed by atoms with Gasteiger partial charge in [-0.3, -0.25) is 4.79 Å². The van der Waals surface area contributed by atoms with Crippen LogP contribution in [0.1, 0.15) is 24.2 Å². The molecular formula is C15H24N2O4S. The van der Waals surface area contributed by atoms with Crippen molar-refractivity contribution in [3.63, 3.8) is 0 Å². The van der Waals surface area contributed by atoms with Crippen molar-refractivity contribution >= 4 is 15.9 Å². The Morgan fingerprint density at radius 2 is 1.82 bits per heavy atom. The molecule has 0 aliphatic heterocycles. The lowest BCUT2D eigenvalue weighted by Crippen LogP contribution is -2.30. The molecule has 0 atom stereocenters. The molecule has 6 nitrogen and oxygen atoms in total. The van der Waals surface area contributed by atoms with Crippen molar-refractivity contribution in [2.24, 2.45) is 5.92 Å². The first-order valence-corrected chi connectivity index (χ1v) is 8.41. The topological polar surface area (TPSA) is 66.9 Å². The van der Waals surface area contributed by atoms with Crippen molar-refractivity contribution in [1.29, 1.82) is 0 Å². The summed E-state index contributed by atoms with van der Waals surface area (Å²) in [5.74, 6) is 0.334. The Kier molecular flexibility index (Phi) is 5.96. The smallest absolute Gasteiger partial charge is 0.253 e. The molecule has 0 aliphatic rings. The van der Waals surface area contributed by atoms with Crippen LogP contribution >= 0.6 is 0 Å². The van der Waals surface area contributed by atoms with Crippen molar-refractivity contribution in [3.8, 4) is 5.75 Å². The molecule has 1 amide bonds. The van der Waals surface area contributed by atoms with Crippen molar-refractivity contribution in [1.82, 2.24) is 9.21 Å². The van der Waals surface area contributed by atoms with Gasteiger partial charge in [-0.2, -0.15) is 0 Å². The summed E-state index contributed by atoms with van der Waals surface area (Å²) >= 11 is 0.